The van der Waals surface area contributed by atoms with Crippen molar-refractivity contribution in [1.29, 1.82) is 0 Å². The number of nitrogens with zero attached hydrogens (tertiary/aromatic N) is 4. The summed E-state index contributed by atoms with van der Waals surface area (Å²) < 4.78 is 29.6. The van der Waals surface area contributed by atoms with E-state index in [1.807, 2.05) is 6.92 Å². The number of aromatic nitrogens is 4. The lowest BCUT2D eigenvalue weighted by Crippen LogP contribution is -2.14. The minimum absolute atomic E-state index is 0.0185. The van der Waals surface area contributed by atoms with Crippen molar-refractivity contribution in [2.24, 2.45) is 0 Å². The second kappa shape index (κ2) is 6.93. The van der Waals surface area contributed by atoms with Crippen LogP contribution >= 0.6 is 0 Å². The number of aryl methyl sites for hydroxylation is 1. The Labute approximate surface area is 155 Å². The van der Waals surface area contributed by atoms with E-state index in [1.54, 1.807) is 4.57 Å². The fourth-order valence-electron chi connectivity index (χ4n) is 2.60. The summed E-state index contributed by atoms with van der Waals surface area (Å²) in [6.07, 6.45) is 0.712. The van der Waals surface area contributed by atoms with Crippen LogP contribution in [0.3, 0.4) is 0 Å². The molecule has 0 aliphatic carbocycles. The predicted octanol–water partition coefficient (Wildman–Crippen LogP) is 2.89. The van der Waals surface area contributed by atoms with E-state index in [0.29, 0.717) is 18.6 Å². The maximum Gasteiger partial charge on any atom is 0.209 e. The van der Waals surface area contributed by atoms with Gasteiger partial charge in [-0.05, 0) is 44.4 Å². The molecule has 0 aliphatic heterocycles. The first-order valence-electron chi connectivity index (χ1n) is 8.44. The summed E-state index contributed by atoms with van der Waals surface area (Å²) >= 11 is 0. The molecule has 140 valence electrons. The molecule has 0 fully saturated rings. The third-order valence-corrected chi connectivity index (χ3v) is 3.72. The van der Waals surface area contributed by atoms with Gasteiger partial charge in [-0.2, -0.15) is 0 Å². The molecule has 27 heavy (non-hydrogen) atoms. The van der Waals surface area contributed by atoms with Crippen LogP contribution in [0.1, 0.15) is 33.0 Å². The maximum atomic E-state index is 14.3. The highest BCUT2D eigenvalue weighted by atomic mass is 19.1. The number of halogens is 2. The van der Waals surface area contributed by atoms with Crippen LogP contribution in [0.5, 0.6) is 0 Å². The quantitative estimate of drug-likeness (QED) is 0.691. The molecule has 0 saturated heterocycles. The summed E-state index contributed by atoms with van der Waals surface area (Å²) in [4.78, 5) is 12.8. The zero-order valence-corrected chi connectivity index (χ0v) is 15.2. The number of nitrogens with two attached hydrogens (primary N) is 1. The van der Waals surface area contributed by atoms with Gasteiger partial charge in [0.25, 0.3) is 0 Å². The summed E-state index contributed by atoms with van der Waals surface area (Å²) in [5.74, 6) is 4.54. The zero-order valence-electron chi connectivity index (χ0n) is 15.2. The third-order valence-electron chi connectivity index (χ3n) is 3.72. The largest absolute Gasteiger partial charge is 0.382 e. The van der Waals surface area contributed by atoms with Crippen LogP contribution in [0, 0.1) is 23.5 Å². The van der Waals surface area contributed by atoms with E-state index < -0.39 is 17.2 Å². The normalized spacial score (nSPS) is 11.5. The summed E-state index contributed by atoms with van der Waals surface area (Å²) in [6.45, 7) is 5.48. The number of benzene rings is 1. The average Bonchev–Trinajstić information content (AvgIpc) is 2.94. The molecule has 8 heteroatoms. The molecular weight excluding hydrogens is 352 g/mol. The fourth-order valence-corrected chi connectivity index (χ4v) is 2.60. The molecule has 0 aliphatic rings. The van der Waals surface area contributed by atoms with Crippen LogP contribution in [0.25, 0.3) is 22.6 Å². The summed E-state index contributed by atoms with van der Waals surface area (Å²) in [5.41, 5.74) is 5.46. The summed E-state index contributed by atoms with van der Waals surface area (Å²) in [5, 5.41) is 9.75. The lowest BCUT2D eigenvalue weighted by atomic mass is 10.1. The third kappa shape index (κ3) is 3.88. The number of rotatable bonds is 3. The van der Waals surface area contributed by atoms with Crippen LogP contribution in [0.4, 0.5) is 14.6 Å². The zero-order chi connectivity index (χ0) is 19.8. The van der Waals surface area contributed by atoms with Crippen molar-refractivity contribution in [1.82, 2.24) is 19.5 Å². The highest BCUT2D eigenvalue weighted by Gasteiger charge is 2.20. The van der Waals surface area contributed by atoms with Crippen molar-refractivity contribution in [2.75, 3.05) is 5.73 Å². The van der Waals surface area contributed by atoms with Crippen LogP contribution in [-0.4, -0.2) is 30.2 Å². The Hall–Kier alpha value is -3.05. The van der Waals surface area contributed by atoms with E-state index in [1.165, 1.54) is 13.8 Å². The Morgan fingerprint density at radius 3 is 2.63 bits per heavy atom. The van der Waals surface area contributed by atoms with Gasteiger partial charge in [0.2, 0.25) is 5.82 Å². The molecule has 0 amide bonds. The number of aliphatic hydroxyl groups is 1. The van der Waals surface area contributed by atoms with Crippen molar-refractivity contribution in [3.63, 3.8) is 0 Å². The molecule has 6 nitrogen and oxygen atoms in total. The Balaban J connectivity index is 2.27. The van der Waals surface area contributed by atoms with E-state index >= 15 is 0 Å². The molecule has 0 saturated carbocycles. The van der Waals surface area contributed by atoms with Gasteiger partial charge in [-0.15, -0.1) is 0 Å². The Morgan fingerprint density at radius 1 is 1.22 bits per heavy atom. The van der Waals surface area contributed by atoms with Crippen molar-refractivity contribution >= 4 is 17.0 Å². The van der Waals surface area contributed by atoms with Gasteiger partial charge < -0.3 is 15.4 Å². The van der Waals surface area contributed by atoms with Crippen LogP contribution in [-0.2, 0) is 6.54 Å². The smallest absolute Gasteiger partial charge is 0.209 e. The number of imidazole rings is 1. The monoisotopic (exact) mass is 371 g/mol. The van der Waals surface area contributed by atoms with Gasteiger partial charge in [0, 0.05) is 6.54 Å². The molecule has 3 rings (SSSR count). The van der Waals surface area contributed by atoms with Crippen LogP contribution < -0.4 is 5.73 Å². The molecule has 3 aromatic rings. The molecule has 1 aromatic carbocycles. The van der Waals surface area contributed by atoms with Crippen LogP contribution in [0.2, 0.25) is 0 Å². The van der Waals surface area contributed by atoms with Gasteiger partial charge >= 0.3 is 0 Å². The summed E-state index contributed by atoms with van der Waals surface area (Å²) in [7, 11) is 0. The molecule has 0 atom stereocenters. The van der Waals surface area contributed by atoms with Crippen LogP contribution in [0.15, 0.2) is 18.2 Å². The molecule has 0 bridgehead atoms. The number of hydrogen-bond acceptors (Lipinski definition) is 5. The van der Waals surface area contributed by atoms with Crippen molar-refractivity contribution < 1.29 is 13.9 Å². The molecule has 0 radical (unpaired) electrons. The number of hydrogen-bond donors (Lipinski definition) is 2. The lowest BCUT2D eigenvalue weighted by molar-refractivity contribution is 0.143. The average molecular weight is 371 g/mol. The van der Waals surface area contributed by atoms with Crippen molar-refractivity contribution in [3.05, 3.63) is 35.7 Å². The molecule has 0 spiro atoms. The number of fused-ring (bicyclic) bond motifs is 1. The van der Waals surface area contributed by atoms with Gasteiger partial charge in [0.1, 0.15) is 23.1 Å². The minimum Gasteiger partial charge on any atom is -0.382 e. The van der Waals surface area contributed by atoms with Gasteiger partial charge in [-0.3, -0.25) is 0 Å². The van der Waals surface area contributed by atoms with E-state index in [9.17, 15) is 13.9 Å². The molecule has 3 N–H and O–H groups in total. The fraction of sp³-hybridized carbons (Fsp3) is 0.316. The lowest BCUT2D eigenvalue weighted by Gasteiger charge is -2.08. The number of anilines is 1. The van der Waals surface area contributed by atoms with Crippen molar-refractivity contribution in [3.8, 4) is 23.2 Å². The standard InChI is InChI=1S/C19H19F2N5O/c1-4-9-26-17(12-10-11(20)5-6-13(12)21)25-15-16(22)23-14(24-18(15)26)7-8-19(2,3)27/h5-6,10,27H,4,9H2,1-3H3,(H2,22,23,24). The Bertz CT molecular complexity index is 1070. The van der Waals surface area contributed by atoms with E-state index in [2.05, 4.69) is 26.8 Å². The SMILES string of the molecule is CCCn1c(-c2cc(F)ccc2F)nc2c(N)nc(C#CC(C)(C)O)nc21. The second-order valence-electron chi connectivity index (χ2n) is 6.62. The highest BCUT2D eigenvalue weighted by Crippen LogP contribution is 2.29. The van der Waals surface area contributed by atoms with Gasteiger partial charge in [0.15, 0.2) is 17.0 Å². The van der Waals surface area contributed by atoms with Gasteiger partial charge in [-0.1, -0.05) is 12.8 Å². The topological polar surface area (TPSA) is 89.9 Å². The Morgan fingerprint density at radius 2 is 1.96 bits per heavy atom. The maximum absolute atomic E-state index is 14.3. The first-order chi connectivity index (χ1) is 12.7. The van der Waals surface area contributed by atoms with Gasteiger partial charge in [-0.25, -0.2) is 23.7 Å². The first kappa shape index (κ1) is 18.7. The predicted molar refractivity (Wildman–Crippen MR) is 98.6 cm³/mol. The molecule has 2 heterocycles. The number of nitrogen functional groups attached to an aromatic ring is 1. The van der Waals surface area contributed by atoms with E-state index in [4.69, 9.17) is 5.73 Å². The van der Waals surface area contributed by atoms with Gasteiger partial charge in [0.05, 0.1) is 5.56 Å². The summed E-state index contributed by atoms with van der Waals surface area (Å²) in [6, 6.07) is 3.18. The van der Waals surface area contributed by atoms with E-state index in [0.717, 1.165) is 18.2 Å². The minimum atomic E-state index is -1.22. The van der Waals surface area contributed by atoms with Crippen molar-refractivity contribution in [2.45, 2.75) is 39.3 Å². The second-order valence-corrected chi connectivity index (χ2v) is 6.62. The molecular formula is C19H19F2N5O. The molecule has 2 aromatic heterocycles. The first-order valence-corrected chi connectivity index (χ1v) is 8.44. The molecule has 0 unspecified atom stereocenters. The Kier molecular flexibility index (Phi) is 4.81. The highest BCUT2D eigenvalue weighted by molar-refractivity contribution is 5.86. The van der Waals surface area contributed by atoms with E-state index in [-0.39, 0.29) is 28.5 Å².